The third kappa shape index (κ3) is 8.52. The van der Waals surface area contributed by atoms with Crippen molar-refractivity contribution < 1.29 is 8.42 Å². The van der Waals surface area contributed by atoms with Gasteiger partial charge in [0.15, 0.2) is 5.96 Å². The summed E-state index contributed by atoms with van der Waals surface area (Å²) in [7, 11) is -3.03. The Bertz CT molecular complexity index is 421. The van der Waals surface area contributed by atoms with Crippen molar-refractivity contribution in [3.05, 3.63) is 0 Å². The van der Waals surface area contributed by atoms with Gasteiger partial charge in [0, 0.05) is 32.7 Å². The number of nitrogens with zero attached hydrogens (tertiary/aromatic N) is 2. The Balaban J connectivity index is 0.00000441. The summed E-state index contributed by atoms with van der Waals surface area (Å²) in [5.41, 5.74) is 0. The van der Waals surface area contributed by atoms with Gasteiger partial charge >= 0.3 is 0 Å². The van der Waals surface area contributed by atoms with Crippen molar-refractivity contribution in [2.75, 3.05) is 39.0 Å². The fourth-order valence-corrected chi connectivity index (χ4v) is 3.24. The molecule has 1 aliphatic rings. The van der Waals surface area contributed by atoms with Gasteiger partial charge in [-0.3, -0.25) is 4.99 Å². The molecule has 8 heteroatoms. The predicted molar refractivity (Wildman–Crippen MR) is 103 cm³/mol. The summed E-state index contributed by atoms with van der Waals surface area (Å²) in [6.07, 6.45) is 5.37. The number of piperidine rings is 1. The molecule has 0 spiro atoms. The molecule has 0 atom stereocenters. The average Bonchev–Trinajstić information content (AvgIpc) is 2.44. The van der Waals surface area contributed by atoms with Crippen LogP contribution in [-0.2, 0) is 10.0 Å². The van der Waals surface area contributed by atoms with Crippen molar-refractivity contribution in [3.63, 3.8) is 0 Å². The maximum Gasteiger partial charge on any atom is 0.211 e. The first-order valence-electron chi connectivity index (χ1n) is 7.94. The minimum Gasteiger partial charge on any atom is -0.357 e. The maximum absolute atomic E-state index is 11.5. The van der Waals surface area contributed by atoms with Crippen LogP contribution in [0.5, 0.6) is 0 Å². The van der Waals surface area contributed by atoms with Gasteiger partial charge in [0.05, 0.1) is 6.26 Å². The predicted octanol–water partition coefficient (Wildman–Crippen LogP) is 1.63. The van der Waals surface area contributed by atoms with Gasteiger partial charge in [-0.05, 0) is 32.1 Å². The van der Waals surface area contributed by atoms with Crippen molar-refractivity contribution >= 4 is 40.0 Å². The molecule has 0 amide bonds. The number of rotatable bonds is 7. The normalized spacial score (nSPS) is 17.9. The highest BCUT2D eigenvalue weighted by molar-refractivity contribution is 14.0. The lowest BCUT2D eigenvalue weighted by Gasteiger charge is -2.29. The molecule has 132 valence electrons. The van der Waals surface area contributed by atoms with Gasteiger partial charge in [-0.1, -0.05) is 13.3 Å². The highest BCUT2D eigenvalue weighted by Crippen LogP contribution is 2.19. The van der Waals surface area contributed by atoms with Crippen molar-refractivity contribution in [2.45, 2.75) is 39.5 Å². The molecule has 0 aliphatic carbocycles. The summed E-state index contributed by atoms with van der Waals surface area (Å²) in [4.78, 5) is 4.62. The Morgan fingerprint density at radius 2 is 1.86 bits per heavy atom. The average molecular weight is 446 g/mol. The van der Waals surface area contributed by atoms with Gasteiger partial charge in [-0.2, -0.15) is 0 Å². The topological polar surface area (TPSA) is 73.8 Å². The van der Waals surface area contributed by atoms with Gasteiger partial charge in [0.25, 0.3) is 0 Å². The summed E-state index contributed by atoms with van der Waals surface area (Å²) < 4.78 is 24.5. The first-order chi connectivity index (χ1) is 9.97. The Labute approximate surface area is 152 Å². The molecule has 0 saturated carbocycles. The lowest BCUT2D eigenvalue weighted by molar-refractivity contribution is 0.280. The number of hydrogen-bond donors (Lipinski definition) is 2. The molecule has 1 heterocycles. The second-order valence-corrected chi connectivity index (χ2v) is 7.59. The zero-order valence-electron chi connectivity index (χ0n) is 14.0. The van der Waals surface area contributed by atoms with Crippen molar-refractivity contribution in [1.82, 2.24) is 14.9 Å². The van der Waals surface area contributed by atoms with E-state index in [9.17, 15) is 8.42 Å². The minimum atomic E-state index is -3.03. The lowest BCUT2D eigenvalue weighted by atomic mass is 9.98. The van der Waals surface area contributed by atoms with Crippen LogP contribution in [0.1, 0.15) is 39.5 Å². The van der Waals surface area contributed by atoms with Gasteiger partial charge in [-0.25, -0.2) is 12.7 Å². The van der Waals surface area contributed by atoms with E-state index in [1.165, 1.54) is 6.26 Å². The van der Waals surface area contributed by atoms with E-state index >= 15 is 0 Å². The van der Waals surface area contributed by atoms with Crippen LogP contribution < -0.4 is 10.6 Å². The van der Waals surface area contributed by atoms with Crippen LogP contribution in [-0.4, -0.2) is 57.7 Å². The Hall–Kier alpha value is -0.0900. The molecule has 2 N–H and O–H groups in total. The van der Waals surface area contributed by atoms with Gasteiger partial charge in [0.2, 0.25) is 10.0 Å². The van der Waals surface area contributed by atoms with Crippen molar-refractivity contribution in [3.8, 4) is 0 Å². The van der Waals surface area contributed by atoms with E-state index in [-0.39, 0.29) is 24.0 Å². The smallest absolute Gasteiger partial charge is 0.211 e. The highest BCUT2D eigenvalue weighted by atomic mass is 127. The summed E-state index contributed by atoms with van der Waals surface area (Å²) in [5, 5.41) is 6.57. The second kappa shape index (κ2) is 11.4. The second-order valence-electron chi connectivity index (χ2n) is 5.61. The summed E-state index contributed by atoms with van der Waals surface area (Å²) in [6, 6.07) is 0. The number of guanidine groups is 1. The number of nitrogens with one attached hydrogen (secondary N) is 2. The molecule has 22 heavy (non-hydrogen) atoms. The molecular weight excluding hydrogens is 415 g/mol. The number of sulfonamides is 1. The van der Waals surface area contributed by atoms with E-state index in [4.69, 9.17) is 0 Å². The molecule has 6 nitrogen and oxygen atoms in total. The van der Waals surface area contributed by atoms with E-state index < -0.39 is 10.0 Å². The molecule has 1 saturated heterocycles. The highest BCUT2D eigenvalue weighted by Gasteiger charge is 2.24. The zero-order chi connectivity index (χ0) is 15.7. The van der Waals surface area contributed by atoms with Gasteiger partial charge in [0.1, 0.15) is 0 Å². The molecular formula is C14H31IN4O2S. The molecule has 1 fully saturated rings. The maximum atomic E-state index is 11.5. The monoisotopic (exact) mass is 446 g/mol. The van der Waals surface area contributed by atoms with Crippen LogP contribution in [0.2, 0.25) is 0 Å². The zero-order valence-corrected chi connectivity index (χ0v) is 17.1. The molecule has 0 aromatic rings. The molecule has 0 aromatic carbocycles. The van der Waals surface area contributed by atoms with E-state index in [1.807, 2.05) is 0 Å². The molecule has 1 rings (SSSR count). The molecule has 0 bridgehead atoms. The number of halogens is 1. The summed E-state index contributed by atoms with van der Waals surface area (Å²) in [6.45, 7) is 8.03. The number of aliphatic imine (C=N–C) groups is 1. The first kappa shape index (κ1) is 21.9. The Morgan fingerprint density at radius 1 is 1.23 bits per heavy atom. The summed E-state index contributed by atoms with van der Waals surface area (Å²) in [5.74, 6) is 1.35. The third-order valence-electron chi connectivity index (χ3n) is 3.72. The summed E-state index contributed by atoms with van der Waals surface area (Å²) >= 11 is 0. The van der Waals surface area contributed by atoms with Crippen molar-refractivity contribution in [1.29, 1.82) is 0 Å². The van der Waals surface area contributed by atoms with Gasteiger partial charge in [-0.15, -0.1) is 24.0 Å². The van der Waals surface area contributed by atoms with E-state index in [0.29, 0.717) is 19.0 Å². The lowest BCUT2D eigenvalue weighted by Crippen LogP contribution is -2.40. The van der Waals surface area contributed by atoms with E-state index in [1.54, 1.807) is 4.31 Å². The van der Waals surface area contributed by atoms with Crippen LogP contribution in [0.25, 0.3) is 0 Å². The van der Waals surface area contributed by atoms with Crippen LogP contribution in [0.3, 0.4) is 0 Å². The molecule has 0 radical (unpaired) electrons. The Kier molecular flexibility index (Phi) is 11.4. The molecule has 0 aromatic heterocycles. The molecule has 0 unspecified atom stereocenters. The minimum absolute atomic E-state index is 0. The fraction of sp³-hybridized carbons (Fsp3) is 0.929. The van der Waals surface area contributed by atoms with Crippen LogP contribution in [0.15, 0.2) is 4.99 Å². The quantitative estimate of drug-likeness (QED) is 0.270. The first-order valence-corrected chi connectivity index (χ1v) is 9.79. The number of unbranched alkanes of at least 4 members (excludes halogenated alkanes) is 1. The van der Waals surface area contributed by atoms with Gasteiger partial charge < -0.3 is 10.6 Å². The number of hydrogen-bond acceptors (Lipinski definition) is 3. The standard InChI is InChI=1S/C14H30N4O2S.HI/c1-4-6-9-16-14(15-5-2)17-12-13-7-10-18(11-8-13)21(3,19)20;/h13H,4-12H2,1-3H3,(H2,15,16,17);1H. The van der Waals surface area contributed by atoms with Crippen molar-refractivity contribution in [2.24, 2.45) is 10.9 Å². The van der Waals surface area contributed by atoms with E-state index in [0.717, 1.165) is 51.3 Å². The fourth-order valence-electron chi connectivity index (χ4n) is 2.37. The largest absolute Gasteiger partial charge is 0.357 e. The Morgan fingerprint density at radius 3 is 2.36 bits per heavy atom. The SMILES string of the molecule is CCCCNC(=NCC1CCN(S(C)(=O)=O)CC1)NCC.I. The van der Waals surface area contributed by atoms with E-state index in [2.05, 4.69) is 29.5 Å². The van der Waals surface area contributed by atoms with Crippen LogP contribution in [0, 0.1) is 5.92 Å². The molecule has 1 aliphatic heterocycles. The van der Waals surface area contributed by atoms with Crippen LogP contribution in [0.4, 0.5) is 0 Å². The van der Waals surface area contributed by atoms with Crippen LogP contribution >= 0.6 is 24.0 Å². The third-order valence-corrected chi connectivity index (χ3v) is 5.02.